The molecule has 0 spiro atoms. The zero-order valence-electron chi connectivity index (χ0n) is 18.5. The number of carbonyl (C=O) groups excluding carboxylic acids is 1. The summed E-state index contributed by atoms with van der Waals surface area (Å²) in [6.07, 6.45) is 5.46. The van der Waals surface area contributed by atoms with Gasteiger partial charge in [0.15, 0.2) is 5.65 Å². The van der Waals surface area contributed by atoms with Crippen LogP contribution >= 0.6 is 0 Å². The molecule has 6 nitrogen and oxygen atoms in total. The van der Waals surface area contributed by atoms with E-state index in [2.05, 4.69) is 29.8 Å². The Bertz CT molecular complexity index is 1010. The lowest BCUT2D eigenvalue weighted by molar-refractivity contribution is -0.116. The molecule has 0 radical (unpaired) electrons. The molecule has 1 amide bonds. The van der Waals surface area contributed by atoms with E-state index < -0.39 is 0 Å². The van der Waals surface area contributed by atoms with E-state index in [4.69, 9.17) is 14.7 Å². The molecule has 0 saturated carbocycles. The largest absolute Gasteiger partial charge is 0.496 e. The van der Waals surface area contributed by atoms with Crippen molar-refractivity contribution in [2.45, 2.75) is 65.8 Å². The van der Waals surface area contributed by atoms with Gasteiger partial charge in [0.05, 0.1) is 25.0 Å². The number of methoxy groups -OCH3 is 1. The number of unbranched alkanes of at least 4 members (excludes halogenated alkanes) is 2. The molecule has 0 bridgehead atoms. The lowest BCUT2D eigenvalue weighted by Gasteiger charge is -2.13. The van der Waals surface area contributed by atoms with E-state index in [9.17, 15) is 4.79 Å². The van der Waals surface area contributed by atoms with Crippen molar-refractivity contribution >= 4 is 22.8 Å². The van der Waals surface area contributed by atoms with E-state index in [0.29, 0.717) is 13.0 Å². The van der Waals surface area contributed by atoms with Crippen molar-refractivity contribution < 1.29 is 9.53 Å². The normalized spacial score (nSPS) is 11.1. The highest BCUT2D eigenvalue weighted by atomic mass is 16.5. The van der Waals surface area contributed by atoms with Crippen molar-refractivity contribution in [1.82, 2.24) is 14.5 Å². The quantitative estimate of drug-likeness (QED) is 0.496. The van der Waals surface area contributed by atoms with E-state index in [0.717, 1.165) is 71.8 Å². The maximum Gasteiger partial charge on any atom is 0.224 e. The fraction of sp³-hybridized carbons (Fsp3) is 0.458. The van der Waals surface area contributed by atoms with Gasteiger partial charge in [-0.05, 0) is 31.9 Å². The van der Waals surface area contributed by atoms with Crippen LogP contribution in [0.15, 0.2) is 30.3 Å². The predicted octanol–water partition coefficient (Wildman–Crippen LogP) is 5.27. The van der Waals surface area contributed by atoms with E-state index in [-0.39, 0.29) is 5.91 Å². The Morgan fingerprint density at radius 2 is 1.90 bits per heavy atom. The average molecular weight is 409 g/mol. The van der Waals surface area contributed by atoms with Crippen LogP contribution in [0.1, 0.15) is 63.0 Å². The smallest absolute Gasteiger partial charge is 0.224 e. The third kappa shape index (κ3) is 4.99. The topological polar surface area (TPSA) is 69.0 Å². The molecule has 3 rings (SSSR count). The van der Waals surface area contributed by atoms with E-state index >= 15 is 0 Å². The lowest BCUT2D eigenvalue weighted by Crippen LogP contribution is -2.13. The van der Waals surface area contributed by atoms with Gasteiger partial charge in [0.1, 0.15) is 17.1 Å². The standard InChI is InChI=1S/C24H32N4O2/c1-5-7-13-22-26-20-15-19(27-23(29)14-8-6-2)17(3)25-24(20)28(22)16-18-11-9-10-12-21(18)30-4/h9-12,15H,5-8,13-14,16H2,1-4H3,(H,27,29). The molecule has 2 aromatic heterocycles. The Labute approximate surface area is 178 Å². The van der Waals surface area contributed by atoms with E-state index in [1.54, 1.807) is 7.11 Å². The number of aromatic nitrogens is 3. The molecule has 0 atom stereocenters. The van der Waals surface area contributed by atoms with Crippen molar-refractivity contribution in [3.63, 3.8) is 0 Å². The number of nitrogens with zero attached hydrogens (tertiary/aromatic N) is 3. The Hall–Kier alpha value is -2.89. The molecule has 6 heteroatoms. The van der Waals surface area contributed by atoms with Crippen LogP contribution in [0.4, 0.5) is 5.69 Å². The summed E-state index contributed by atoms with van der Waals surface area (Å²) >= 11 is 0. The van der Waals surface area contributed by atoms with Gasteiger partial charge in [0, 0.05) is 18.4 Å². The van der Waals surface area contributed by atoms with Crippen LogP contribution in [0.2, 0.25) is 0 Å². The zero-order valence-corrected chi connectivity index (χ0v) is 18.5. The summed E-state index contributed by atoms with van der Waals surface area (Å²) in [5.41, 5.74) is 4.29. The predicted molar refractivity (Wildman–Crippen MR) is 121 cm³/mol. The molecule has 30 heavy (non-hydrogen) atoms. The van der Waals surface area contributed by atoms with Gasteiger partial charge in [0.2, 0.25) is 5.91 Å². The molecule has 2 heterocycles. The summed E-state index contributed by atoms with van der Waals surface area (Å²) in [4.78, 5) is 21.9. The van der Waals surface area contributed by atoms with Gasteiger partial charge in [-0.25, -0.2) is 9.97 Å². The summed E-state index contributed by atoms with van der Waals surface area (Å²) in [5.74, 6) is 1.90. The van der Waals surface area contributed by atoms with E-state index in [1.165, 1.54) is 0 Å². The summed E-state index contributed by atoms with van der Waals surface area (Å²) in [5, 5.41) is 3.01. The molecule has 1 aromatic carbocycles. The van der Waals surface area contributed by atoms with Gasteiger partial charge in [-0.1, -0.05) is 44.9 Å². The number of benzene rings is 1. The molecule has 0 aliphatic rings. The highest BCUT2D eigenvalue weighted by Gasteiger charge is 2.17. The molecular weight excluding hydrogens is 376 g/mol. The number of hydrogen-bond acceptors (Lipinski definition) is 4. The Morgan fingerprint density at radius 3 is 2.63 bits per heavy atom. The number of fused-ring (bicyclic) bond motifs is 1. The third-order valence-electron chi connectivity index (χ3n) is 5.30. The molecule has 0 aliphatic carbocycles. The summed E-state index contributed by atoms with van der Waals surface area (Å²) < 4.78 is 7.72. The Balaban J connectivity index is 1.99. The maximum absolute atomic E-state index is 12.2. The van der Waals surface area contributed by atoms with Crippen LogP contribution in [0.25, 0.3) is 11.2 Å². The number of hydrogen-bond donors (Lipinski definition) is 1. The van der Waals surface area contributed by atoms with Gasteiger partial charge < -0.3 is 14.6 Å². The number of ether oxygens (including phenoxy) is 1. The van der Waals surface area contributed by atoms with Crippen molar-refractivity contribution in [3.05, 3.63) is 47.4 Å². The number of para-hydroxylation sites is 1. The first-order chi connectivity index (χ1) is 14.6. The van der Waals surface area contributed by atoms with Gasteiger partial charge in [-0.2, -0.15) is 0 Å². The number of anilines is 1. The highest BCUT2D eigenvalue weighted by molar-refractivity contribution is 5.93. The van der Waals surface area contributed by atoms with Crippen LogP contribution in [-0.2, 0) is 17.8 Å². The highest BCUT2D eigenvalue weighted by Crippen LogP contribution is 2.26. The van der Waals surface area contributed by atoms with Crippen LogP contribution in [0.3, 0.4) is 0 Å². The number of carbonyl (C=O) groups is 1. The molecule has 0 saturated heterocycles. The Morgan fingerprint density at radius 1 is 1.13 bits per heavy atom. The second-order valence-corrected chi connectivity index (χ2v) is 7.65. The minimum Gasteiger partial charge on any atom is -0.496 e. The molecule has 0 fully saturated rings. The lowest BCUT2D eigenvalue weighted by atomic mass is 10.2. The molecule has 3 aromatic rings. The molecule has 160 valence electrons. The first kappa shape index (κ1) is 21.8. The summed E-state index contributed by atoms with van der Waals surface area (Å²) in [7, 11) is 1.69. The second kappa shape index (κ2) is 10.2. The van der Waals surface area contributed by atoms with Crippen LogP contribution < -0.4 is 10.1 Å². The number of imidazole rings is 1. The summed E-state index contributed by atoms with van der Waals surface area (Å²) in [6.45, 7) is 6.84. The van der Waals surface area contributed by atoms with Gasteiger partial charge in [0.25, 0.3) is 0 Å². The van der Waals surface area contributed by atoms with Crippen molar-refractivity contribution in [2.75, 3.05) is 12.4 Å². The van der Waals surface area contributed by atoms with E-state index in [1.807, 2.05) is 31.2 Å². The SMILES string of the molecule is CCCCC(=O)Nc1cc2nc(CCCC)n(Cc3ccccc3OC)c2nc1C. The maximum atomic E-state index is 12.2. The third-order valence-corrected chi connectivity index (χ3v) is 5.30. The first-order valence-corrected chi connectivity index (χ1v) is 10.9. The molecule has 0 unspecified atom stereocenters. The van der Waals surface area contributed by atoms with Crippen LogP contribution in [0, 0.1) is 6.92 Å². The fourth-order valence-corrected chi connectivity index (χ4v) is 3.56. The van der Waals surface area contributed by atoms with Gasteiger partial charge in [-0.15, -0.1) is 0 Å². The average Bonchev–Trinajstić information content (AvgIpc) is 3.07. The van der Waals surface area contributed by atoms with Crippen LogP contribution in [-0.4, -0.2) is 27.6 Å². The first-order valence-electron chi connectivity index (χ1n) is 10.9. The minimum absolute atomic E-state index is 0.0285. The van der Waals surface area contributed by atoms with Crippen molar-refractivity contribution in [1.29, 1.82) is 0 Å². The van der Waals surface area contributed by atoms with Crippen molar-refractivity contribution in [3.8, 4) is 5.75 Å². The zero-order chi connectivity index (χ0) is 21.5. The number of amides is 1. The van der Waals surface area contributed by atoms with Crippen molar-refractivity contribution in [2.24, 2.45) is 0 Å². The minimum atomic E-state index is 0.0285. The Kier molecular flexibility index (Phi) is 7.44. The second-order valence-electron chi connectivity index (χ2n) is 7.65. The van der Waals surface area contributed by atoms with Crippen LogP contribution in [0.5, 0.6) is 5.75 Å². The number of pyridine rings is 1. The fourth-order valence-electron chi connectivity index (χ4n) is 3.56. The monoisotopic (exact) mass is 408 g/mol. The van der Waals surface area contributed by atoms with Gasteiger partial charge >= 0.3 is 0 Å². The molecule has 0 aliphatic heterocycles. The summed E-state index contributed by atoms with van der Waals surface area (Å²) in [6, 6.07) is 10.00. The number of nitrogens with one attached hydrogen (secondary N) is 1. The number of rotatable bonds is 10. The van der Waals surface area contributed by atoms with Gasteiger partial charge in [-0.3, -0.25) is 4.79 Å². The number of aryl methyl sites for hydroxylation is 2. The molecule has 1 N–H and O–H groups in total. The molecular formula is C24H32N4O2.